The van der Waals surface area contributed by atoms with Crippen LogP contribution in [-0.4, -0.2) is 21.6 Å². The monoisotopic (exact) mass is 413 g/mol. The van der Waals surface area contributed by atoms with E-state index >= 15 is 0 Å². The van der Waals surface area contributed by atoms with Gasteiger partial charge in [0.1, 0.15) is 11.6 Å². The van der Waals surface area contributed by atoms with E-state index in [9.17, 15) is 4.39 Å². The fraction of sp³-hybridized carbons (Fsp3) is 0.190. The van der Waals surface area contributed by atoms with E-state index in [2.05, 4.69) is 15.0 Å². The molecule has 0 N–H and O–H groups in total. The third-order valence-corrected chi connectivity index (χ3v) is 4.18. The van der Waals surface area contributed by atoms with Crippen LogP contribution in [0.2, 0.25) is 5.02 Å². The highest BCUT2D eigenvalue weighted by molar-refractivity contribution is 6.30. The third-order valence-electron chi connectivity index (χ3n) is 3.96. The molecule has 0 spiro atoms. The largest absolute Gasteiger partial charge is 0.476 e. The molecule has 0 aliphatic heterocycles. The standard InChI is InChI=1S/C21H17ClFN3O3/c1-3-7-27-19-17-20(29-18(24-17)13-6-4-5-12(2)8-13)26-21(25-19)28-16-10-14(22)9-15(23)11-16/h4-6,8-11H,3,7H2,1-2H3. The Kier molecular flexibility index (Phi) is 5.31. The SMILES string of the molecule is CCCOc1nc(Oc2cc(F)cc(Cl)c2)nc2oc(-c3cccc(C)c3)nc12. The molecular formula is C21H17ClFN3O3. The molecule has 29 heavy (non-hydrogen) atoms. The topological polar surface area (TPSA) is 70.3 Å². The Hall–Kier alpha value is -3.19. The minimum atomic E-state index is -0.530. The summed E-state index contributed by atoms with van der Waals surface area (Å²) in [6.07, 6.45) is 0.782. The molecule has 0 fully saturated rings. The van der Waals surface area contributed by atoms with Gasteiger partial charge in [0.05, 0.1) is 6.61 Å². The molecule has 2 aromatic heterocycles. The van der Waals surface area contributed by atoms with Crippen molar-refractivity contribution >= 4 is 22.8 Å². The van der Waals surface area contributed by atoms with Gasteiger partial charge in [0.25, 0.3) is 11.6 Å². The molecule has 0 aliphatic carbocycles. The first-order valence-corrected chi connectivity index (χ1v) is 9.42. The fourth-order valence-electron chi connectivity index (χ4n) is 2.72. The molecule has 0 unspecified atom stereocenters. The summed E-state index contributed by atoms with van der Waals surface area (Å²) in [5.74, 6) is 0.258. The Bertz CT molecular complexity index is 1160. The van der Waals surface area contributed by atoms with Crippen LogP contribution in [-0.2, 0) is 0 Å². The number of rotatable bonds is 6. The first-order chi connectivity index (χ1) is 14.0. The van der Waals surface area contributed by atoms with E-state index < -0.39 is 5.82 Å². The van der Waals surface area contributed by atoms with Gasteiger partial charge in [-0.2, -0.15) is 9.97 Å². The lowest BCUT2D eigenvalue weighted by molar-refractivity contribution is 0.302. The molecule has 6 nitrogen and oxygen atoms in total. The lowest BCUT2D eigenvalue weighted by atomic mass is 10.1. The van der Waals surface area contributed by atoms with Crippen molar-refractivity contribution in [3.63, 3.8) is 0 Å². The van der Waals surface area contributed by atoms with Crippen molar-refractivity contribution < 1.29 is 18.3 Å². The molecule has 148 valence electrons. The second-order valence-electron chi connectivity index (χ2n) is 6.41. The molecule has 0 bridgehead atoms. The zero-order valence-electron chi connectivity index (χ0n) is 15.8. The first-order valence-electron chi connectivity index (χ1n) is 9.04. The quantitative estimate of drug-likeness (QED) is 0.388. The van der Waals surface area contributed by atoms with Crippen LogP contribution < -0.4 is 9.47 Å². The van der Waals surface area contributed by atoms with E-state index in [4.69, 9.17) is 25.5 Å². The van der Waals surface area contributed by atoms with Crippen LogP contribution in [0.1, 0.15) is 18.9 Å². The minimum absolute atomic E-state index is 0.0581. The number of oxazole rings is 1. The Morgan fingerprint density at radius 1 is 1.10 bits per heavy atom. The number of fused-ring (bicyclic) bond motifs is 1. The Morgan fingerprint density at radius 3 is 2.72 bits per heavy atom. The summed E-state index contributed by atoms with van der Waals surface area (Å²) in [5.41, 5.74) is 2.48. The molecule has 0 aliphatic rings. The number of ether oxygens (including phenoxy) is 2. The molecule has 8 heteroatoms. The number of hydrogen-bond donors (Lipinski definition) is 0. The van der Waals surface area contributed by atoms with Crippen molar-refractivity contribution in [2.24, 2.45) is 0 Å². The van der Waals surface area contributed by atoms with Crippen molar-refractivity contribution in [3.05, 3.63) is 58.9 Å². The van der Waals surface area contributed by atoms with Crippen LogP contribution in [0, 0.1) is 12.7 Å². The highest BCUT2D eigenvalue weighted by atomic mass is 35.5. The van der Waals surface area contributed by atoms with Gasteiger partial charge in [0.15, 0.2) is 5.52 Å². The van der Waals surface area contributed by atoms with Crippen molar-refractivity contribution in [2.45, 2.75) is 20.3 Å². The van der Waals surface area contributed by atoms with Crippen molar-refractivity contribution in [2.75, 3.05) is 6.61 Å². The third kappa shape index (κ3) is 4.30. The summed E-state index contributed by atoms with van der Waals surface area (Å²) in [5, 5.41) is 0.199. The van der Waals surface area contributed by atoms with Gasteiger partial charge in [-0.15, -0.1) is 0 Å². The molecule has 4 rings (SSSR count). The average Bonchev–Trinajstić information content (AvgIpc) is 3.09. The van der Waals surface area contributed by atoms with Crippen LogP contribution in [0.5, 0.6) is 17.6 Å². The molecule has 4 aromatic rings. The van der Waals surface area contributed by atoms with Crippen LogP contribution in [0.25, 0.3) is 22.7 Å². The highest BCUT2D eigenvalue weighted by Crippen LogP contribution is 2.32. The lowest BCUT2D eigenvalue weighted by Crippen LogP contribution is -2.01. The average molecular weight is 414 g/mol. The van der Waals surface area contributed by atoms with Gasteiger partial charge in [0.2, 0.25) is 5.89 Å². The van der Waals surface area contributed by atoms with E-state index in [0.717, 1.165) is 17.5 Å². The Labute approximate surface area is 171 Å². The number of halogens is 2. The van der Waals surface area contributed by atoms with Crippen molar-refractivity contribution in [1.82, 2.24) is 15.0 Å². The van der Waals surface area contributed by atoms with E-state index in [1.165, 1.54) is 18.2 Å². The van der Waals surface area contributed by atoms with Crippen LogP contribution >= 0.6 is 11.6 Å². The maximum Gasteiger partial charge on any atom is 0.328 e. The number of nitrogens with zero attached hydrogens (tertiary/aromatic N) is 3. The fourth-order valence-corrected chi connectivity index (χ4v) is 2.93. The van der Waals surface area contributed by atoms with Gasteiger partial charge in [-0.3, -0.25) is 0 Å². The van der Waals surface area contributed by atoms with Gasteiger partial charge >= 0.3 is 6.01 Å². The molecule has 0 saturated heterocycles. The Morgan fingerprint density at radius 2 is 1.97 bits per heavy atom. The number of aryl methyl sites for hydroxylation is 1. The van der Waals surface area contributed by atoms with Gasteiger partial charge < -0.3 is 13.9 Å². The van der Waals surface area contributed by atoms with Gasteiger partial charge in [-0.25, -0.2) is 9.37 Å². The van der Waals surface area contributed by atoms with Crippen molar-refractivity contribution in [3.8, 4) is 29.1 Å². The normalized spacial score (nSPS) is 11.0. The van der Waals surface area contributed by atoms with Gasteiger partial charge in [-0.1, -0.05) is 36.2 Å². The highest BCUT2D eigenvalue weighted by Gasteiger charge is 2.19. The molecular weight excluding hydrogens is 397 g/mol. The van der Waals surface area contributed by atoms with E-state index in [1.807, 2.05) is 38.1 Å². The predicted octanol–water partition coefficient (Wildman–Crippen LogP) is 5.97. The summed E-state index contributed by atoms with van der Waals surface area (Å²) >= 11 is 5.88. The van der Waals surface area contributed by atoms with E-state index in [1.54, 1.807) is 0 Å². The number of hydrogen-bond acceptors (Lipinski definition) is 6. The molecule has 0 saturated carbocycles. The second-order valence-corrected chi connectivity index (χ2v) is 6.85. The first kappa shape index (κ1) is 19.1. The van der Waals surface area contributed by atoms with E-state index in [0.29, 0.717) is 18.0 Å². The van der Waals surface area contributed by atoms with Gasteiger partial charge in [0, 0.05) is 16.7 Å². The second kappa shape index (κ2) is 8.05. The predicted molar refractivity (Wildman–Crippen MR) is 107 cm³/mol. The van der Waals surface area contributed by atoms with Crippen LogP contribution in [0.15, 0.2) is 46.9 Å². The van der Waals surface area contributed by atoms with Crippen LogP contribution in [0.4, 0.5) is 4.39 Å². The number of aromatic nitrogens is 3. The smallest absolute Gasteiger partial charge is 0.328 e. The summed E-state index contributed by atoms with van der Waals surface area (Å²) in [4.78, 5) is 13.0. The molecule has 2 heterocycles. The zero-order chi connectivity index (χ0) is 20.4. The minimum Gasteiger partial charge on any atom is -0.476 e. The number of benzene rings is 2. The van der Waals surface area contributed by atoms with E-state index in [-0.39, 0.29) is 28.4 Å². The molecule has 2 aromatic carbocycles. The Balaban J connectivity index is 1.77. The summed E-state index contributed by atoms with van der Waals surface area (Å²) in [6.45, 7) is 4.40. The van der Waals surface area contributed by atoms with Gasteiger partial charge in [-0.05, 0) is 37.6 Å². The summed E-state index contributed by atoms with van der Waals surface area (Å²) < 4.78 is 30.7. The summed E-state index contributed by atoms with van der Waals surface area (Å²) in [6, 6.07) is 11.5. The molecule has 0 atom stereocenters. The lowest BCUT2D eigenvalue weighted by Gasteiger charge is -2.07. The maximum absolute atomic E-state index is 13.6. The van der Waals surface area contributed by atoms with Crippen molar-refractivity contribution in [1.29, 1.82) is 0 Å². The molecule has 0 amide bonds. The summed E-state index contributed by atoms with van der Waals surface area (Å²) in [7, 11) is 0. The zero-order valence-corrected chi connectivity index (χ0v) is 16.5. The molecule has 0 radical (unpaired) electrons. The maximum atomic E-state index is 13.6. The van der Waals surface area contributed by atoms with Crippen LogP contribution in [0.3, 0.4) is 0 Å².